The summed E-state index contributed by atoms with van der Waals surface area (Å²) in [6, 6.07) is 8.51. The van der Waals surface area contributed by atoms with E-state index in [1.165, 1.54) is 32.1 Å². The van der Waals surface area contributed by atoms with Crippen LogP contribution in [-0.4, -0.2) is 11.1 Å². The molecule has 0 aliphatic heterocycles. The fraction of sp³-hybridized carbons (Fsp3) is 0.647. The van der Waals surface area contributed by atoms with Crippen molar-refractivity contribution >= 4 is 0 Å². The number of unbranched alkanes of at least 4 members (excludes halogenated alkanes) is 1. The van der Waals surface area contributed by atoms with E-state index in [0.717, 1.165) is 12.0 Å². The number of phenols is 1. The molecule has 0 saturated carbocycles. The van der Waals surface area contributed by atoms with Gasteiger partial charge in [0.1, 0.15) is 5.75 Å². The van der Waals surface area contributed by atoms with E-state index in [-0.39, 0.29) is 6.04 Å². The first-order valence-electron chi connectivity index (χ1n) is 7.76. The van der Waals surface area contributed by atoms with Crippen molar-refractivity contribution in [1.82, 2.24) is 5.32 Å². The Balaban J connectivity index is 2.70. The highest BCUT2D eigenvalue weighted by Crippen LogP contribution is 2.27. The topological polar surface area (TPSA) is 32.3 Å². The summed E-state index contributed by atoms with van der Waals surface area (Å²) in [6.45, 7) is 6.65. The summed E-state index contributed by atoms with van der Waals surface area (Å²) in [7, 11) is 0. The minimum Gasteiger partial charge on any atom is -0.508 e. The second kappa shape index (κ2) is 8.98. The molecule has 19 heavy (non-hydrogen) atoms. The molecule has 1 aromatic rings. The summed E-state index contributed by atoms with van der Waals surface area (Å²) < 4.78 is 0. The average Bonchev–Trinajstić information content (AvgIpc) is 2.43. The minimum atomic E-state index is 0.259. The summed E-state index contributed by atoms with van der Waals surface area (Å²) in [4.78, 5) is 0. The van der Waals surface area contributed by atoms with E-state index in [1.54, 1.807) is 6.07 Å². The molecule has 0 radical (unpaired) electrons. The molecule has 0 fully saturated rings. The number of nitrogens with one attached hydrogen (secondary N) is 1. The summed E-state index contributed by atoms with van der Waals surface area (Å²) in [5.74, 6) is 0.410. The Hall–Kier alpha value is -1.02. The van der Waals surface area contributed by atoms with Crippen molar-refractivity contribution in [3.63, 3.8) is 0 Å². The second-order valence-electron chi connectivity index (χ2n) is 5.31. The van der Waals surface area contributed by atoms with Gasteiger partial charge in [-0.1, -0.05) is 58.2 Å². The third-order valence-corrected chi connectivity index (χ3v) is 3.70. The molecule has 0 aliphatic rings. The van der Waals surface area contributed by atoms with Crippen molar-refractivity contribution in [3.05, 3.63) is 29.8 Å². The fourth-order valence-corrected chi connectivity index (χ4v) is 2.60. The molecule has 0 spiro atoms. The molecule has 1 rings (SSSR count). The zero-order valence-corrected chi connectivity index (χ0v) is 12.7. The zero-order chi connectivity index (χ0) is 14.1. The predicted molar refractivity (Wildman–Crippen MR) is 82.5 cm³/mol. The maximum absolute atomic E-state index is 9.99. The maximum Gasteiger partial charge on any atom is 0.120 e. The predicted octanol–water partition coefficient (Wildman–Crippen LogP) is 4.79. The average molecular weight is 263 g/mol. The van der Waals surface area contributed by atoms with Gasteiger partial charge in [0, 0.05) is 17.6 Å². The molecule has 0 aromatic heterocycles. The van der Waals surface area contributed by atoms with Crippen LogP contribution < -0.4 is 5.32 Å². The third-order valence-electron chi connectivity index (χ3n) is 3.70. The summed E-state index contributed by atoms with van der Waals surface area (Å²) in [6.07, 6.45) is 7.17. The van der Waals surface area contributed by atoms with Crippen LogP contribution in [0.5, 0.6) is 5.75 Å². The minimum absolute atomic E-state index is 0.259. The third kappa shape index (κ3) is 5.23. The van der Waals surface area contributed by atoms with Gasteiger partial charge >= 0.3 is 0 Å². The van der Waals surface area contributed by atoms with E-state index >= 15 is 0 Å². The van der Waals surface area contributed by atoms with Gasteiger partial charge in [-0.05, 0) is 25.3 Å². The molecule has 2 N–H and O–H groups in total. The van der Waals surface area contributed by atoms with Crippen LogP contribution in [0.25, 0.3) is 0 Å². The largest absolute Gasteiger partial charge is 0.508 e. The van der Waals surface area contributed by atoms with E-state index < -0.39 is 0 Å². The van der Waals surface area contributed by atoms with Crippen LogP contribution in [0.3, 0.4) is 0 Å². The van der Waals surface area contributed by atoms with E-state index in [9.17, 15) is 5.11 Å². The standard InChI is InChI=1S/C17H29NO/c1-4-7-11-14(10-5-2)18-16(6-3)15-12-8-9-13-17(15)19/h8-9,12-14,16,18-19H,4-7,10-11H2,1-3H3. The smallest absolute Gasteiger partial charge is 0.120 e. The molecule has 0 bridgehead atoms. The van der Waals surface area contributed by atoms with Gasteiger partial charge < -0.3 is 10.4 Å². The Morgan fingerprint density at radius 1 is 1.05 bits per heavy atom. The lowest BCUT2D eigenvalue weighted by molar-refractivity contribution is 0.366. The van der Waals surface area contributed by atoms with Crippen molar-refractivity contribution in [3.8, 4) is 5.75 Å². The Kier molecular flexibility index (Phi) is 7.57. The van der Waals surface area contributed by atoms with Gasteiger partial charge in [-0.2, -0.15) is 0 Å². The van der Waals surface area contributed by atoms with Gasteiger partial charge in [-0.15, -0.1) is 0 Å². The highest BCUT2D eigenvalue weighted by molar-refractivity contribution is 5.34. The van der Waals surface area contributed by atoms with Crippen LogP contribution in [0.15, 0.2) is 24.3 Å². The molecular weight excluding hydrogens is 234 g/mol. The van der Waals surface area contributed by atoms with Crippen LogP contribution in [-0.2, 0) is 0 Å². The van der Waals surface area contributed by atoms with Crippen LogP contribution in [0, 0.1) is 0 Å². The fourth-order valence-electron chi connectivity index (χ4n) is 2.60. The van der Waals surface area contributed by atoms with Crippen molar-refractivity contribution in [1.29, 1.82) is 0 Å². The number of hydrogen-bond donors (Lipinski definition) is 2. The number of aromatic hydroxyl groups is 1. The second-order valence-corrected chi connectivity index (χ2v) is 5.31. The monoisotopic (exact) mass is 263 g/mol. The molecule has 0 aliphatic carbocycles. The van der Waals surface area contributed by atoms with Crippen molar-refractivity contribution in [2.75, 3.05) is 0 Å². The molecule has 1 aromatic carbocycles. The van der Waals surface area contributed by atoms with E-state index in [0.29, 0.717) is 11.8 Å². The highest BCUT2D eigenvalue weighted by atomic mass is 16.3. The summed E-state index contributed by atoms with van der Waals surface area (Å²) >= 11 is 0. The maximum atomic E-state index is 9.99. The SMILES string of the molecule is CCCCC(CCC)NC(CC)c1ccccc1O. The molecule has 2 unspecified atom stereocenters. The Bertz CT molecular complexity index is 351. The van der Waals surface area contributed by atoms with Crippen LogP contribution in [0.1, 0.15) is 70.9 Å². The number of benzene rings is 1. The van der Waals surface area contributed by atoms with Gasteiger partial charge in [0.2, 0.25) is 0 Å². The van der Waals surface area contributed by atoms with Crippen LogP contribution in [0.2, 0.25) is 0 Å². The number of para-hydroxylation sites is 1. The number of phenolic OH excluding ortho intramolecular Hbond substituents is 1. The van der Waals surface area contributed by atoms with Crippen molar-refractivity contribution < 1.29 is 5.11 Å². The summed E-state index contributed by atoms with van der Waals surface area (Å²) in [5, 5.41) is 13.7. The molecule has 0 heterocycles. The number of hydrogen-bond acceptors (Lipinski definition) is 2. The molecule has 0 amide bonds. The van der Waals surface area contributed by atoms with E-state index in [4.69, 9.17) is 0 Å². The van der Waals surface area contributed by atoms with E-state index in [1.807, 2.05) is 18.2 Å². The molecular formula is C17H29NO. The van der Waals surface area contributed by atoms with Crippen molar-refractivity contribution in [2.45, 2.75) is 71.4 Å². The van der Waals surface area contributed by atoms with Gasteiger partial charge in [0.15, 0.2) is 0 Å². The Labute approximate surface area is 118 Å². The first kappa shape index (κ1) is 16.0. The van der Waals surface area contributed by atoms with Gasteiger partial charge in [-0.3, -0.25) is 0 Å². The van der Waals surface area contributed by atoms with Gasteiger partial charge in [0.25, 0.3) is 0 Å². The Morgan fingerprint density at radius 2 is 1.79 bits per heavy atom. The molecule has 2 nitrogen and oxygen atoms in total. The quantitative estimate of drug-likeness (QED) is 0.671. The van der Waals surface area contributed by atoms with Crippen molar-refractivity contribution in [2.24, 2.45) is 0 Å². The van der Waals surface area contributed by atoms with Gasteiger partial charge in [-0.25, -0.2) is 0 Å². The lowest BCUT2D eigenvalue weighted by atomic mass is 9.99. The lowest BCUT2D eigenvalue weighted by Crippen LogP contribution is -2.32. The zero-order valence-electron chi connectivity index (χ0n) is 12.7. The summed E-state index contributed by atoms with van der Waals surface area (Å²) in [5.41, 5.74) is 1.03. The Morgan fingerprint density at radius 3 is 2.37 bits per heavy atom. The molecule has 2 atom stereocenters. The molecule has 2 heteroatoms. The normalized spacial score (nSPS) is 14.3. The first-order chi connectivity index (χ1) is 9.22. The first-order valence-corrected chi connectivity index (χ1v) is 7.76. The number of rotatable bonds is 9. The van der Waals surface area contributed by atoms with Gasteiger partial charge in [0.05, 0.1) is 0 Å². The lowest BCUT2D eigenvalue weighted by Gasteiger charge is -2.26. The highest BCUT2D eigenvalue weighted by Gasteiger charge is 2.17. The van der Waals surface area contributed by atoms with Crippen LogP contribution in [0.4, 0.5) is 0 Å². The molecule has 108 valence electrons. The van der Waals surface area contributed by atoms with Crippen LogP contribution >= 0.6 is 0 Å². The van der Waals surface area contributed by atoms with E-state index in [2.05, 4.69) is 26.1 Å². The molecule has 0 saturated heterocycles.